The van der Waals surface area contributed by atoms with Crippen LogP contribution in [0.5, 0.6) is 0 Å². The van der Waals surface area contributed by atoms with Crippen LogP contribution in [0, 0.1) is 0 Å². The van der Waals surface area contributed by atoms with E-state index in [0.717, 1.165) is 21.9 Å². The van der Waals surface area contributed by atoms with Crippen molar-refractivity contribution in [2.45, 2.75) is 26.2 Å². The SMILES string of the molecule is CC(C)(C)c1ccc(/C=C2\N=C(c3ccc4ccccc4c3)OC2=O)cc1. The predicted molar refractivity (Wildman–Crippen MR) is 110 cm³/mol. The molecule has 0 saturated heterocycles. The van der Waals surface area contributed by atoms with E-state index in [4.69, 9.17) is 4.74 Å². The summed E-state index contributed by atoms with van der Waals surface area (Å²) in [5, 5.41) is 2.23. The van der Waals surface area contributed by atoms with Gasteiger partial charge in [0.15, 0.2) is 5.70 Å². The lowest BCUT2D eigenvalue weighted by molar-refractivity contribution is -0.129. The molecule has 1 aliphatic heterocycles. The van der Waals surface area contributed by atoms with Gasteiger partial charge in [0.05, 0.1) is 0 Å². The fourth-order valence-electron chi connectivity index (χ4n) is 3.09. The minimum absolute atomic E-state index is 0.0966. The van der Waals surface area contributed by atoms with E-state index in [2.05, 4.69) is 37.9 Å². The first-order valence-corrected chi connectivity index (χ1v) is 9.02. The molecule has 1 aliphatic rings. The van der Waals surface area contributed by atoms with E-state index in [-0.39, 0.29) is 5.41 Å². The molecule has 4 rings (SSSR count). The van der Waals surface area contributed by atoms with E-state index in [1.165, 1.54) is 5.56 Å². The monoisotopic (exact) mass is 355 g/mol. The zero-order valence-electron chi connectivity index (χ0n) is 15.7. The van der Waals surface area contributed by atoms with Gasteiger partial charge in [-0.1, -0.05) is 75.4 Å². The summed E-state index contributed by atoms with van der Waals surface area (Å²) in [6, 6.07) is 22.2. The number of aliphatic imine (C=N–C) groups is 1. The van der Waals surface area contributed by atoms with Gasteiger partial charge in [0.25, 0.3) is 0 Å². The van der Waals surface area contributed by atoms with Crippen molar-refractivity contribution in [3.8, 4) is 0 Å². The molecule has 0 aromatic heterocycles. The van der Waals surface area contributed by atoms with Crippen molar-refractivity contribution in [3.63, 3.8) is 0 Å². The molecule has 1 heterocycles. The first kappa shape index (κ1) is 17.2. The van der Waals surface area contributed by atoms with Crippen molar-refractivity contribution in [1.82, 2.24) is 0 Å². The van der Waals surface area contributed by atoms with Crippen molar-refractivity contribution >= 4 is 28.7 Å². The molecular formula is C24H21NO2. The van der Waals surface area contributed by atoms with Gasteiger partial charge in [-0.25, -0.2) is 9.79 Å². The zero-order chi connectivity index (χ0) is 19.0. The summed E-state index contributed by atoms with van der Waals surface area (Å²) in [7, 11) is 0. The van der Waals surface area contributed by atoms with Crippen molar-refractivity contribution in [3.05, 3.63) is 89.1 Å². The molecule has 0 radical (unpaired) electrons. The molecule has 0 atom stereocenters. The van der Waals surface area contributed by atoms with Gasteiger partial charge in [0.2, 0.25) is 5.90 Å². The second-order valence-corrected chi connectivity index (χ2v) is 7.77. The lowest BCUT2D eigenvalue weighted by Crippen LogP contribution is -2.10. The molecule has 0 saturated carbocycles. The molecule has 3 aromatic rings. The summed E-state index contributed by atoms with van der Waals surface area (Å²) in [6.07, 6.45) is 1.77. The highest BCUT2D eigenvalue weighted by Gasteiger charge is 2.24. The van der Waals surface area contributed by atoms with Gasteiger partial charge in [-0.05, 0) is 45.5 Å². The van der Waals surface area contributed by atoms with Crippen LogP contribution in [0.4, 0.5) is 0 Å². The average molecular weight is 355 g/mol. The molecule has 0 bridgehead atoms. The van der Waals surface area contributed by atoms with Gasteiger partial charge in [-0.15, -0.1) is 0 Å². The smallest absolute Gasteiger partial charge is 0.363 e. The Morgan fingerprint density at radius 2 is 1.59 bits per heavy atom. The molecule has 3 aromatic carbocycles. The van der Waals surface area contributed by atoms with Crippen LogP contribution in [-0.4, -0.2) is 11.9 Å². The number of fused-ring (bicyclic) bond motifs is 1. The minimum Gasteiger partial charge on any atom is -0.402 e. The summed E-state index contributed by atoms with van der Waals surface area (Å²) in [4.78, 5) is 16.7. The Balaban J connectivity index is 1.64. The third-order valence-electron chi connectivity index (χ3n) is 4.70. The summed E-state index contributed by atoms with van der Waals surface area (Å²) in [6.45, 7) is 6.53. The minimum atomic E-state index is -0.418. The lowest BCUT2D eigenvalue weighted by Gasteiger charge is -2.18. The molecule has 27 heavy (non-hydrogen) atoms. The molecule has 0 N–H and O–H groups in total. The predicted octanol–water partition coefficient (Wildman–Crippen LogP) is 5.48. The highest BCUT2D eigenvalue weighted by atomic mass is 16.6. The molecule has 3 heteroatoms. The van der Waals surface area contributed by atoms with E-state index in [9.17, 15) is 4.79 Å². The van der Waals surface area contributed by atoms with E-state index < -0.39 is 5.97 Å². The van der Waals surface area contributed by atoms with Crippen LogP contribution in [-0.2, 0) is 14.9 Å². The molecule has 3 nitrogen and oxygen atoms in total. The van der Waals surface area contributed by atoms with E-state index in [0.29, 0.717) is 11.6 Å². The van der Waals surface area contributed by atoms with Crippen LogP contribution in [0.3, 0.4) is 0 Å². The number of cyclic esters (lactones) is 1. The molecule has 0 aliphatic carbocycles. The number of rotatable bonds is 2. The van der Waals surface area contributed by atoms with Gasteiger partial charge in [-0.3, -0.25) is 0 Å². The quantitative estimate of drug-likeness (QED) is 0.451. The summed E-state index contributed by atoms with van der Waals surface area (Å²) in [5.74, 6) is -0.0682. The van der Waals surface area contributed by atoms with Crippen molar-refractivity contribution in [2.24, 2.45) is 4.99 Å². The van der Waals surface area contributed by atoms with Gasteiger partial charge < -0.3 is 4.74 Å². The van der Waals surface area contributed by atoms with Crippen molar-refractivity contribution in [2.75, 3.05) is 0 Å². The topological polar surface area (TPSA) is 38.7 Å². The third-order valence-corrected chi connectivity index (χ3v) is 4.70. The van der Waals surface area contributed by atoms with E-state index >= 15 is 0 Å². The second kappa shape index (κ2) is 6.51. The number of carbonyl (C=O) groups is 1. The van der Waals surface area contributed by atoms with Crippen LogP contribution >= 0.6 is 0 Å². The van der Waals surface area contributed by atoms with E-state index in [1.807, 2.05) is 54.6 Å². The number of carbonyl (C=O) groups excluding carboxylic acids is 1. The Labute approximate surface area is 159 Å². The standard InChI is InChI=1S/C24H21NO2/c1-24(2,3)20-12-8-16(9-13-20)14-21-23(26)27-22(25-21)19-11-10-17-6-4-5-7-18(17)15-19/h4-15H,1-3H3/b21-14-. The second-order valence-electron chi connectivity index (χ2n) is 7.77. The van der Waals surface area contributed by atoms with Crippen LogP contribution in [0.25, 0.3) is 16.8 Å². The number of hydrogen-bond donors (Lipinski definition) is 0. The summed E-state index contributed by atoms with van der Waals surface area (Å²) >= 11 is 0. The first-order chi connectivity index (χ1) is 12.9. The maximum atomic E-state index is 12.2. The Kier molecular flexibility index (Phi) is 4.15. The average Bonchev–Trinajstić information content (AvgIpc) is 3.01. The zero-order valence-corrected chi connectivity index (χ0v) is 15.7. The third kappa shape index (κ3) is 3.54. The largest absolute Gasteiger partial charge is 0.402 e. The van der Waals surface area contributed by atoms with Crippen LogP contribution in [0.15, 0.2) is 77.4 Å². The van der Waals surface area contributed by atoms with Crippen LogP contribution in [0.1, 0.15) is 37.5 Å². The highest BCUT2D eigenvalue weighted by Crippen LogP contribution is 2.25. The molecule has 0 spiro atoms. The molecule has 134 valence electrons. The highest BCUT2D eigenvalue weighted by molar-refractivity contribution is 6.13. The number of ether oxygens (including phenoxy) is 1. The van der Waals surface area contributed by atoms with Crippen LogP contribution < -0.4 is 0 Å². The Bertz CT molecular complexity index is 1080. The van der Waals surface area contributed by atoms with Crippen LogP contribution in [0.2, 0.25) is 0 Å². The van der Waals surface area contributed by atoms with E-state index in [1.54, 1.807) is 6.08 Å². The number of hydrogen-bond acceptors (Lipinski definition) is 3. The molecule has 0 fully saturated rings. The molecule has 0 unspecified atom stereocenters. The number of nitrogens with zero attached hydrogens (tertiary/aromatic N) is 1. The fraction of sp³-hybridized carbons (Fsp3) is 0.167. The van der Waals surface area contributed by atoms with Gasteiger partial charge in [0.1, 0.15) is 0 Å². The molecule has 0 amide bonds. The van der Waals surface area contributed by atoms with Gasteiger partial charge >= 0.3 is 5.97 Å². The summed E-state index contributed by atoms with van der Waals surface area (Å²) in [5.41, 5.74) is 3.40. The Hall–Kier alpha value is -3.20. The Morgan fingerprint density at radius 3 is 2.30 bits per heavy atom. The van der Waals surface area contributed by atoms with Gasteiger partial charge in [-0.2, -0.15) is 0 Å². The number of esters is 1. The van der Waals surface area contributed by atoms with Crippen molar-refractivity contribution in [1.29, 1.82) is 0 Å². The lowest BCUT2D eigenvalue weighted by atomic mass is 9.87. The maximum Gasteiger partial charge on any atom is 0.363 e. The number of benzene rings is 3. The Morgan fingerprint density at radius 1 is 0.889 bits per heavy atom. The molecular weight excluding hydrogens is 334 g/mol. The first-order valence-electron chi connectivity index (χ1n) is 9.02. The van der Waals surface area contributed by atoms with Crippen molar-refractivity contribution < 1.29 is 9.53 Å². The fourth-order valence-corrected chi connectivity index (χ4v) is 3.09. The maximum absolute atomic E-state index is 12.2. The van der Waals surface area contributed by atoms with Gasteiger partial charge in [0, 0.05) is 5.56 Å². The summed E-state index contributed by atoms with van der Waals surface area (Å²) < 4.78 is 5.40. The normalized spacial score (nSPS) is 15.9.